The predicted octanol–water partition coefficient (Wildman–Crippen LogP) is 7.27. The molecule has 0 saturated carbocycles. The number of carboxylic acid groups (broad SMARTS) is 1. The van der Waals surface area contributed by atoms with E-state index in [0.717, 1.165) is 0 Å². The Balaban J connectivity index is 2.13. The largest absolute Gasteiger partial charge is 0.544 e. The van der Waals surface area contributed by atoms with Gasteiger partial charge in [-0.25, -0.2) is 4.79 Å². The molecular weight excluding hydrogens is 640 g/mol. The van der Waals surface area contributed by atoms with Crippen LogP contribution in [0, 0.1) is 5.92 Å². The SMILES string of the molecule is [O]c1c(Br)cc2c(c1Br)[OH+]c1c(cc(Br)c(O)c1Br)[C]2c1ccccc1C(=O)O. The second-order valence-corrected chi connectivity index (χ2v) is 9.45. The van der Waals surface area contributed by atoms with Gasteiger partial charge in [-0.1, -0.05) is 18.2 Å². The molecule has 0 aromatic heterocycles. The first-order valence-electron chi connectivity index (χ1n) is 8.04. The Hall–Kier alpha value is -1.55. The number of benzene rings is 3. The molecule has 1 aliphatic heterocycles. The summed E-state index contributed by atoms with van der Waals surface area (Å²) in [7, 11) is 0. The molecule has 1 heterocycles. The Morgan fingerprint density at radius 1 is 0.862 bits per heavy atom. The van der Waals surface area contributed by atoms with Crippen LogP contribution in [0.2, 0.25) is 0 Å². The number of aromatic carboxylic acids is 1. The second kappa shape index (κ2) is 7.61. The fourth-order valence-electron chi connectivity index (χ4n) is 3.22. The molecule has 146 valence electrons. The van der Waals surface area contributed by atoms with Crippen LogP contribution >= 0.6 is 63.7 Å². The fourth-order valence-corrected chi connectivity index (χ4v) is 5.64. The maximum Gasteiger partial charge on any atom is 0.336 e. The van der Waals surface area contributed by atoms with Crippen molar-refractivity contribution in [1.29, 1.82) is 0 Å². The summed E-state index contributed by atoms with van der Waals surface area (Å²) in [5, 5.41) is 32.5. The van der Waals surface area contributed by atoms with Crippen molar-refractivity contribution in [3.8, 4) is 23.0 Å². The van der Waals surface area contributed by atoms with E-state index in [1.54, 1.807) is 30.3 Å². The molecule has 0 aliphatic carbocycles. The van der Waals surface area contributed by atoms with E-state index in [9.17, 15) is 20.1 Å². The molecule has 0 unspecified atom stereocenters. The normalized spacial score (nSPS) is 12.8. The quantitative estimate of drug-likeness (QED) is 0.224. The van der Waals surface area contributed by atoms with Gasteiger partial charge in [0.25, 0.3) is 11.5 Å². The van der Waals surface area contributed by atoms with Crippen LogP contribution in [0.4, 0.5) is 0 Å². The summed E-state index contributed by atoms with van der Waals surface area (Å²) in [5.74, 6) is -0.0456. The predicted molar refractivity (Wildman–Crippen MR) is 121 cm³/mol. The van der Waals surface area contributed by atoms with Crippen LogP contribution in [0.5, 0.6) is 23.0 Å². The third-order valence-corrected chi connectivity index (χ3v) is 7.19. The Kier molecular flexibility index (Phi) is 5.43. The standard InChI is InChI=1S/C20H8Br4O5/c21-11-5-9-13(7-3-1-2-4-8(7)20(27)28)10-6-12(22)17(26)15(24)19(10)29-18(9)14(23)16(11)25/h1-6,25H,(H,27,28)/p+1. The highest BCUT2D eigenvalue weighted by Crippen LogP contribution is 2.58. The Labute approximate surface area is 198 Å². The zero-order valence-corrected chi connectivity index (χ0v) is 20.5. The number of aromatic hydroxyl groups is 3. The molecule has 0 atom stereocenters. The number of carboxylic acids is 1. The molecule has 5 nitrogen and oxygen atoms in total. The van der Waals surface area contributed by atoms with E-state index in [-0.39, 0.29) is 21.5 Å². The minimum Gasteiger partial charge on any atom is -0.544 e. The van der Waals surface area contributed by atoms with Gasteiger partial charge in [0.1, 0.15) is 0 Å². The molecule has 3 N–H and O–H groups in total. The number of carbonyl (C=O) groups is 1. The Morgan fingerprint density at radius 2 is 1.45 bits per heavy atom. The van der Waals surface area contributed by atoms with Gasteiger partial charge < -0.3 is 14.9 Å². The summed E-state index contributed by atoms with van der Waals surface area (Å²) >= 11 is 13.3. The third-order valence-electron chi connectivity index (χ3n) is 4.51. The Bertz CT molecular complexity index is 1130. The van der Waals surface area contributed by atoms with Crippen LogP contribution < -0.4 is 0 Å². The van der Waals surface area contributed by atoms with Crippen molar-refractivity contribution in [2.75, 3.05) is 0 Å². The summed E-state index contributed by atoms with van der Waals surface area (Å²) in [6.07, 6.45) is 0. The lowest BCUT2D eigenvalue weighted by Crippen LogP contribution is -2.16. The minimum absolute atomic E-state index is 0.0441. The first-order valence-corrected chi connectivity index (χ1v) is 11.2. The van der Waals surface area contributed by atoms with Crippen molar-refractivity contribution in [3.05, 3.63) is 82.5 Å². The molecule has 3 aromatic rings. The number of hydrogen-bond acceptors (Lipinski definition) is 2. The van der Waals surface area contributed by atoms with E-state index in [2.05, 4.69) is 68.5 Å². The van der Waals surface area contributed by atoms with Crippen molar-refractivity contribution in [2.24, 2.45) is 0 Å². The topological polar surface area (TPSA) is 90.2 Å². The summed E-state index contributed by atoms with van der Waals surface area (Å²) in [4.78, 5) is 11.9. The van der Waals surface area contributed by atoms with Gasteiger partial charge in [-0.3, -0.25) is 5.11 Å². The highest BCUT2D eigenvalue weighted by atomic mass is 79.9. The summed E-state index contributed by atoms with van der Waals surface area (Å²) in [5.41, 5.74) is 1.79. The number of halogens is 4. The van der Waals surface area contributed by atoms with Gasteiger partial charge >= 0.3 is 5.97 Å². The summed E-state index contributed by atoms with van der Waals surface area (Å²) < 4.78 is 5.92. The van der Waals surface area contributed by atoms with Crippen LogP contribution in [0.3, 0.4) is 0 Å². The van der Waals surface area contributed by atoms with Gasteiger partial charge in [0.15, 0.2) is 14.7 Å². The van der Waals surface area contributed by atoms with Crippen LogP contribution in [-0.2, 0) is 5.11 Å². The molecule has 0 bridgehead atoms. The number of fused-ring (bicyclic) bond motifs is 2. The fraction of sp³-hybridized carbons (Fsp3) is 0. The third kappa shape index (κ3) is 3.28. The summed E-state index contributed by atoms with van der Waals surface area (Å²) in [6, 6.07) is 9.94. The number of rotatable bonds is 2. The lowest BCUT2D eigenvalue weighted by atomic mass is 9.80. The van der Waals surface area contributed by atoms with E-state index >= 15 is 0 Å². The van der Waals surface area contributed by atoms with Gasteiger partial charge in [0.2, 0.25) is 5.75 Å². The molecular formula is C20H9Br4O5+. The average Bonchev–Trinajstić information content (AvgIpc) is 2.69. The molecule has 0 amide bonds. The van der Waals surface area contributed by atoms with Gasteiger partial charge in [-0.05, 0) is 87.5 Å². The second-order valence-electron chi connectivity index (χ2n) is 6.15. The van der Waals surface area contributed by atoms with E-state index < -0.39 is 5.97 Å². The monoisotopic (exact) mass is 645 g/mol. The smallest absolute Gasteiger partial charge is 0.336 e. The van der Waals surface area contributed by atoms with E-state index in [1.165, 1.54) is 6.07 Å². The molecule has 9 heteroatoms. The van der Waals surface area contributed by atoms with Gasteiger partial charge in [-0.15, -0.1) is 0 Å². The number of hydrogen-bond donors (Lipinski definition) is 2. The van der Waals surface area contributed by atoms with Crippen LogP contribution in [-0.4, -0.2) is 20.9 Å². The van der Waals surface area contributed by atoms with Crippen molar-refractivity contribution < 1.29 is 24.9 Å². The minimum atomic E-state index is -1.07. The van der Waals surface area contributed by atoms with E-state index in [4.69, 9.17) is 0 Å². The van der Waals surface area contributed by atoms with Crippen LogP contribution in [0.1, 0.15) is 27.0 Å². The maximum atomic E-state index is 12.5. The van der Waals surface area contributed by atoms with Gasteiger partial charge in [-0.2, -0.15) is 0 Å². The Morgan fingerprint density at radius 3 is 2.10 bits per heavy atom. The van der Waals surface area contributed by atoms with Crippen molar-refractivity contribution in [1.82, 2.24) is 0 Å². The van der Waals surface area contributed by atoms with Crippen molar-refractivity contribution in [2.45, 2.75) is 0 Å². The molecule has 3 aromatic carbocycles. The maximum absolute atomic E-state index is 12.5. The number of phenols is 1. The molecule has 1 aliphatic rings. The first kappa shape index (κ1) is 20.7. The molecule has 29 heavy (non-hydrogen) atoms. The number of ether oxygens (including phenoxy) is 1. The lowest BCUT2D eigenvalue weighted by Gasteiger charge is -2.27. The van der Waals surface area contributed by atoms with E-state index in [1.807, 2.05) is 0 Å². The zero-order valence-electron chi connectivity index (χ0n) is 14.1. The molecule has 2 radical (unpaired) electrons. The highest BCUT2D eigenvalue weighted by molar-refractivity contribution is 9.11. The molecule has 4 rings (SSSR count). The van der Waals surface area contributed by atoms with Crippen LogP contribution in [0.15, 0.2) is 54.3 Å². The molecule has 0 fully saturated rings. The zero-order chi connectivity index (χ0) is 21.0. The summed E-state index contributed by atoms with van der Waals surface area (Å²) in [6.45, 7) is 0. The molecule has 0 spiro atoms. The first-order chi connectivity index (χ1) is 13.7. The van der Waals surface area contributed by atoms with Crippen LogP contribution in [0.25, 0.3) is 0 Å². The van der Waals surface area contributed by atoms with Crippen molar-refractivity contribution in [3.63, 3.8) is 0 Å². The average molecular weight is 649 g/mol. The van der Waals surface area contributed by atoms with Gasteiger partial charge in [0.05, 0.1) is 31.6 Å². The lowest BCUT2D eigenvalue weighted by molar-refractivity contribution is 0.0696. The van der Waals surface area contributed by atoms with Gasteiger partial charge in [0, 0.05) is 0 Å². The highest BCUT2D eigenvalue weighted by Gasteiger charge is 2.41. The van der Waals surface area contributed by atoms with Crippen molar-refractivity contribution >= 4 is 69.7 Å². The van der Waals surface area contributed by atoms with E-state index in [0.29, 0.717) is 47.5 Å². The molecule has 0 saturated heterocycles. The number of phenolic OH excluding ortho intramolecular Hbond substituents is 1.